The van der Waals surface area contributed by atoms with Crippen LogP contribution in [-0.4, -0.2) is 37.4 Å². The predicted octanol–water partition coefficient (Wildman–Crippen LogP) is 2.34. The Morgan fingerprint density at radius 3 is 2.53 bits per heavy atom. The van der Waals surface area contributed by atoms with Gasteiger partial charge in [-0.1, -0.05) is 12.8 Å². The molecule has 0 atom stereocenters. The van der Waals surface area contributed by atoms with Crippen molar-refractivity contribution >= 4 is 11.5 Å². The number of benzene rings is 1. The topological polar surface area (TPSA) is 55.6 Å². The highest BCUT2D eigenvalue weighted by Crippen LogP contribution is 2.22. The summed E-state index contributed by atoms with van der Waals surface area (Å²) in [5.74, 6) is 0.752. The Morgan fingerprint density at radius 1 is 1.26 bits per heavy atom. The van der Waals surface area contributed by atoms with Crippen molar-refractivity contribution in [1.82, 2.24) is 4.90 Å². The summed E-state index contributed by atoms with van der Waals surface area (Å²) in [5, 5.41) is 0. The molecule has 0 aliphatic carbocycles. The number of methoxy groups -OCH3 is 1. The molecule has 0 spiro atoms. The molecule has 0 unspecified atom stereocenters. The number of nitrogen functional groups attached to an aromatic ring is 1. The number of hydrogen-bond donors (Lipinski definition) is 1. The van der Waals surface area contributed by atoms with Crippen LogP contribution in [0.3, 0.4) is 0 Å². The number of nitrogens with two attached hydrogens (primary N) is 1. The van der Waals surface area contributed by atoms with E-state index in [-0.39, 0.29) is 5.78 Å². The summed E-state index contributed by atoms with van der Waals surface area (Å²) in [6, 6.07) is 5.25. The number of carbonyl (C=O) groups is 1. The van der Waals surface area contributed by atoms with Gasteiger partial charge >= 0.3 is 0 Å². The molecule has 2 N–H and O–H groups in total. The largest absolute Gasteiger partial charge is 0.495 e. The van der Waals surface area contributed by atoms with Gasteiger partial charge in [0.05, 0.1) is 19.3 Å². The van der Waals surface area contributed by atoms with Gasteiger partial charge in [0, 0.05) is 5.56 Å². The third-order valence-corrected chi connectivity index (χ3v) is 3.62. The molecule has 0 bridgehead atoms. The lowest BCUT2D eigenvalue weighted by Crippen LogP contribution is -2.30. The second kappa shape index (κ2) is 6.57. The van der Waals surface area contributed by atoms with Crippen LogP contribution in [0.2, 0.25) is 0 Å². The molecule has 19 heavy (non-hydrogen) atoms. The summed E-state index contributed by atoms with van der Waals surface area (Å²) in [6.45, 7) is 2.54. The molecule has 1 heterocycles. The van der Waals surface area contributed by atoms with E-state index in [0.29, 0.717) is 23.5 Å². The maximum Gasteiger partial charge on any atom is 0.176 e. The van der Waals surface area contributed by atoms with Crippen molar-refractivity contribution in [2.75, 3.05) is 32.5 Å². The maximum absolute atomic E-state index is 12.2. The molecule has 1 aromatic rings. The fourth-order valence-electron chi connectivity index (χ4n) is 2.50. The highest BCUT2D eigenvalue weighted by atomic mass is 16.5. The average Bonchev–Trinajstić information content (AvgIpc) is 2.67. The molecule has 0 aromatic heterocycles. The number of carbonyl (C=O) groups excluding carboxylic acids is 1. The zero-order chi connectivity index (χ0) is 13.7. The Hall–Kier alpha value is -1.55. The number of rotatable bonds is 4. The van der Waals surface area contributed by atoms with Crippen molar-refractivity contribution in [2.24, 2.45) is 0 Å². The molecule has 1 saturated heterocycles. The smallest absolute Gasteiger partial charge is 0.176 e. The molecule has 0 amide bonds. The standard InChI is InChI=1S/C15H22N2O2/c1-19-15-7-6-12(10-13(15)16)14(18)11-17-8-4-2-3-5-9-17/h6-7,10H,2-5,8-9,11,16H2,1H3. The number of ether oxygens (including phenoxy) is 1. The Balaban J connectivity index is 2.00. The summed E-state index contributed by atoms with van der Waals surface area (Å²) in [6.07, 6.45) is 4.94. The lowest BCUT2D eigenvalue weighted by atomic mass is 10.1. The van der Waals surface area contributed by atoms with Crippen molar-refractivity contribution < 1.29 is 9.53 Å². The molecule has 1 aliphatic heterocycles. The first kappa shape index (κ1) is 13.9. The van der Waals surface area contributed by atoms with Gasteiger partial charge in [-0.2, -0.15) is 0 Å². The van der Waals surface area contributed by atoms with Gasteiger partial charge in [0.25, 0.3) is 0 Å². The van der Waals surface area contributed by atoms with E-state index in [1.54, 1.807) is 25.3 Å². The van der Waals surface area contributed by atoms with Crippen molar-refractivity contribution in [3.63, 3.8) is 0 Å². The van der Waals surface area contributed by atoms with E-state index in [4.69, 9.17) is 10.5 Å². The molecule has 1 aliphatic rings. The Labute approximate surface area is 114 Å². The number of likely N-dealkylation sites (tertiary alicyclic amines) is 1. The minimum atomic E-state index is 0.135. The van der Waals surface area contributed by atoms with E-state index in [9.17, 15) is 4.79 Å². The fraction of sp³-hybridized carbons (Fsp3) is 0.533. The summed E-state index contributed by atoms with van der Waals surface area (Å²) in [5.41, 5.74) is 7.02. The first-order valence-corrected chi connectivity index (χ1v) is 6.90. The van der Waals surface area contributed by atoms with Gasteiger partial charge in [-0.05, 0) is 44.1 Å². The highest BCUT2D eigenvalue weighted by Gasteiger charge is 2.15. The second-order valence-electron chi connectivity index (χ2n) is 5.07. The van der Waals surface area contributed by atoms with Gasteiger partial charge in [-0.25, -0.2) is 0 Å². The van der Waals surface area contributed by atoms with E-state index in [1.165, 1.54) is 25.7 Å². The van der Waals surface area contributed by atoms with Crippen molar-refractivity contribution in [2.45, 2.75) is 25.7 Å². The Bertz CT molecular complexity index is 438. The van der Waals surface area contributed by atoms with Gasteiger partial charge in [0.1, 0.15) is 5.75 Å². The molecule has 4 heteroatoms. The van der Waals surface area contributed by atoms with E-state index in [1.807, 2.05) is 0 Å². The lowest BCUT2D eigenvalue weighted by molar-refractivity contribution is 0.0933. The quantitative estimate of drug-likeness (QED) is 0.668. The summed E-state index contributed by atoms with van der Waals surface area (Å²) in [7, 11) is 1.57. The molecular formula is C15H22N2O2. The highest BCUT2D eigenvalue weighted by molar-refractivity contribution is 5.98. The number of nitrogens with zero attached hydrogens (tertiary/aromatic N) is 1. The van der Waals surface area contributed by atoms with Gasteiger partial charge in [0.2, 0.25) is 0 Å². The summed E-state index contributed by atoms with van der Waals surface area (Å²) in [4.78, 5) is 14.5. The lowest BCUT2D eigenvalue weighted by Gasteiger charge is -2.18. The van der Waals surface area contributed by atoms with Crippen LogP contribution in [-0.2, 0) is 0 Å². The van der Waals surface area contributed by atoms with Crippen LogP contribution in [0, 0.1) is 0 Å². The van der Waals surface area contributed by atoms with Crippen molar-refractivity contribution in [1.29, 1.82) is 0 Å². The number of hydrogen-bond acceptors (Lipinski definition) is 4. The molecule has 2 rings (SSSR count). The van der Waals surface area contributed by atoms with Crippen molar-refractivity contribution in [3.8, 4) is 5.75 Å². The van der Waals surface area contributed by atoms with Crippen LogP contribution in [0.25, 0.3) is 0 Å². The average molecular weight is 262 g/mol. The normalized spacial score (nSPS) is 16.9. The fourth-order valence-corrected chi connectivity index (χ4v) is 2.50. The Morgan fingerprint density at radius 2 is 1.95 bits per heavy atom. The number of Topliss-reactive ketones (excluding diaryl/α,β-unsaturated/α-hetero) is 1. The third kappa shape index (κ3) is 3.70. The first-order valence-electron chi connectivity index (χ1n) is 6.90. The van der Waals surface area contributed by atoms with E-state index in [2.05, 4.69) is 4.90 Å². The summed E-state index contributed by atoms with van der Waals surface area (Å²) < 4.78 is 5.10. The molecule has 0 saturated carbocycles. The van der Waals surface area contributed by atoms with Crippen LogP contribution in [0.1, 0.15) is 36.0 Å². The molecule has 0 radical (unpaired) electrons. The molecule has 1 fully saturated rings. The zero-order valence-electron chi connectivity index (χ0n) is 11.5. The predicted molar refractivity (Wildman–Crippen MR) is 76.6 cm³/mol. The second-order valence-corrected chi connectivity index (χ2v) is 5.07. The zero-order valence-corrected chi connectivity index (χ0v) is 11.5. The molecule has 4 nitrogen and oxygen atoms in total. The van der Waals surface area contributed by atoms with Crippen LogP contribution >= 0.6 is 0 Å². The van der Waals surface area contributed by atoms with Crippen LogP contribution in [0.5, 0.6) is 5.75 Å². The van der Waals surface area contributed by atoms with Crippen LogP contribution < -0.4 is 10.5 Å². The van der Waals surface area contributed by atoms with E-state index < -0.39 is 0 Å². The molecule has 1 aromatic carbocycles. The third-order valence-electron chi connectivity index (χ3n) is 3.62. The molecular weight excluding hydrogens is 240 g/mol. The van der Waals surface area contributed by atoms with Gasteiger partial charge in [0.15, 0.2) is 5.78 Å². The van der Waals surface area contributed by atoms with E-state index >= 15 is 0 Å². The van der Waals surface area contributed by atoms with E-state index in [0.717, 1.165) is 13.1 Å². The minimum absolute atomic E-state index is 0.135. The minimum Gasteiger partial charge on any atom is -0.495 e. The first-order chi connectivity index (χ1) is 9.20. The number of ketones is 1. The van der Waals surface area contributed by atoms with Gasteiger partial charge in [-0.3, -0.25) is 9.69 Å². The summed E-state index contributed by atoms with van der Waals surface area (Å²) >= 11 is 0. The van der Waals surface area contributed by atoms with Crippen LogP contribution in [0.4, 0.5) is 5.69 Å². The molecule has 104 valence electrons. The number of anilines is 1. The SMILES string of the molecule is COc1ccc(C(=O)CN2CCCCCC2)cc1N. The van der Waals surface area contributed by atoms with Crippen molar-refractivity contribution in [3.05, 3.63) is 23.8 Å². The van der Waals surface area contributed by atoms with Crippen LogP contribution in [0.15, 0.2) is 18.2 Å². The van der Waals surface area contributed by atoms with Gasteiger partial charge in [-0.15, -0.1) is 0 Å². The van der Waals surface area contributed by atoms with Gasteiger partial charge < -0.3 is 10.5 Å². The Kier molecular flexibility index (Phi) is 4.80. The monoisotopic (exact) mass is 262 g/mol. The maximum atomic E-state index is 12.2.